The molecule has 0 bridgehead atoms. The molecule has 2 aliphatic carbocycles. The molecule has 0 aliphatic heterocycles. The molecule has 82 valence electrons. The van der Waals surface area contributed by atoms with E-state index < -0.39 is 0 Å². The number of nitrogens with two attached hydrogens (primary N) is 1. The summed E-state index contributed by atoms with van der Waals surface area (Å²) in [5, 5.41) is 0. The zero-order chi connectivity index (χ0) is 10.1. The predicted molar refractivity (Wildman–Crippen MR) is 60.1 cm³/mol. The van der Waals surface area contributed by atoms with Crippen LogP contribution in [0.2, 0.25) is 0 Å². The Bertz CT molecular complexity index is 185. The summed E-state index contributed by atoms with van der Waals surface area (Å²) in [7, 11) is 0. The molecule has 2 nitrogen and oxygen atoms in total. The van der Waals surface area contributed by atoms with Crippen LogP contribution in [0.4, 0.5) is 0 Å². The minimum Gasteiger partial charge on any atom is -0.330 e. The van der Waals surface area contributed by atoms with Crippen molar-refractivity contribution in [3.8, 4) is 0 Å². The van der Waals surface area contributed by atoms with Crippen LogP contribution in [0.15, 0.2) is 0 Å². The monoisotopic (exact) mass is 196 g/mol. The highest BCUT2D eigenvalue weighted by molar-refractivity contribution is 4.92. The summed E-state index contributed by atoms with van der Waals surface area (Å²) < 4.78 is 0. The first-order valence-electron chi connectivity index (χ1n) is 6.18. The Hall–Kier alpha value is -0.0800. The maximum Gasteiger partial charge on any atom is 0.0108 e. The lowest BCUT2D eigenvalue weighted by Gasteiger charge is -2.33. The molecule has 0 aromatic rings. The van der Waals surface area contributed by atoms with Crippen molar-refractivity contribution in [2.45, 2.75) is 51.6 Å². The molecular weight excluding hydrogens is 172 g/mol. The lowest BCUT2D eigenvalue weighted by atomic mass is 10.0. The van der Waals surface area contributed by atoms with Crippen molar-refractivity contribution in [1.82, 2.24) is 4.90 Å². The summed E-state index contributed by atoms with van der Waals surface area (Å²) in [4.78, 5) is 2.73. The van der Waals surface area contributed by atoms with Gasteiger partial charge >= 0.3 is 0 Å². The Balaban J connectivity index is 1.86. The largest absolute Gasteiger partial charge is 0.330 e. The molecule has 0 saturated heterocycles. The molecule has 2 saturated carbocycles. The topological polar surface area (TPSA) is 29.3 Å². The normalized spacial score (nSPS) is 26.6. The van der Waals surface area contributed by atoms with Gasteiger partial charge in [0.05, 0.1) is 0 Å². The van der Waals surface area contributed by atoms with Crippen molar-refractivity contribution >= 4 is 0 Å². The minimum atomic E-state index is 0.648. The molecular formula is C12H24N2. The van der Waals surface area contributed by atoms with E-state index in [9.17, 15) is 0 Å². The van der Waals surface area contributed by atoms with Crippen molar-refractivity contribution in [3.63, 3.8) is 0 Å². The third-order valence-electron chi connectivity index (χ3n) is 3.90. The van der Waals surface area contributed by atoms with Gasteiger partial charge in [0.15, 0.2) is 0 Å². The highest BCUT2D eigenvalue weighted by Gasteiger charge is 2.37. The highest BCUT2D eigenvalue weighted by atomic mass is 15.2. The summed E-state index contributed by atoms with van der Waals surface area (Å²) in [6, 6.07) is 1.59. The Morgan fingerprint density at radius 2 is 1.86 bits per heavy atom. The fourth-order valence-corrected chi connectivity index (χ4v) is 2.18. The quantitative estimate of drug-likeness (QED) is 0.702. The van der Waals surface area contributed by atoms with E-state index in [1.54, 1.807) is 0 Å². The van der Waals surface area contributed by atoms with Crippen LogP contribution < -0.4 is 5.73 Å². The first-order chi connectivity index (χ1) is 6.72. The van der Waals surface area contributed by atoms with Crippen LogP contribution in [0.1, 0.15) is 39.5 Å². The van der Waals surface area contributed by atoms with Crippen LogP contribution in [-0.2, 0) is 0 Å². The van der Waals surface area contributed by atoms with Crippen molar-refractivity contribution in [2.24, 2.45) is 17.6 Å². The molecule has 2 fully saturated rings. The number of nitrogens with zero attached hydrogens (tertiary/aromatic N) is 1. The lowest BCUT2D eigenvalue weighted by molar-refractivity contribution is 0.148. The molecule has 2 rings (SSSR count). The molecule has 0 heterocycles. The molecule has 2 atom stereocenters. The Labute approximate surface area is 87.8 Å². The Morgan fingerprint density at radius 3 is 2.29 bits per heavy atom. The van der Waals surface area contributed by atoms with E-state index >= 15 is 0 Å². The Kier molecular flexibility index (Phi) is 3.13. The minimum absolute atomic E-state index is 0.648. The van der Waals surface area contributed by atoms with Crippen molar-refractivity contribution in [2.75, 3.05) is 13.1 Å². The van der Waals surface area contributed by atoms with Crippen LogP contribution in [0.25, 0.3) is 0 Å². The summed E-state index contributed by atoms with van der Waals surface area (Å²) in [6.07, 6.45) is 5.78. The average Bonchev–Trinajstić information content (AvgIpc) is 3.02. The van der Waals surface area contributed by atoms with Gasteiger partial charge in [-0.3, -0.25) is 4.90 Å². The van der Waals surface area contributed by atoms with Crippen LogP contribution in [0.5, 0.6) is 0 Å². The van der Waals surface area contributed by atoms with Gasteiger partial charge in [-0.25, -0.2) is 0 Å². The molecule has 14 heavy (non-hydrogen) atoms. The van der Waals surface area contributed by atoms with Gasteiger partial charge in [0, 0.05) is 18.6 Å². The van der Waals surface area contributed by atoms with E-state index in [0.29, 0.717) is 12.0 Å². The van der Waals surface area contributed by atoms with Gasteiger partial charge in [0.1, 0.15) is 0 Å². The highest BCUT2D eigenvalue weighted by Crippen LogP contribution is 2.36. The van der Waals surface area contributed by atoms with E-state index in [4.69, 9.17) is 5.73 Å². The summed E-state index contributed by atoms with van der Waals surface area (Å²) in [5.74, 6) is 1.66. The molecule has 0 spiro atoms. The van der Waals surface area contributed by atoms with Crippen LogP contribution >= 0.6 is 0 Å². The van der Waals surface area contributed by atoms with Gasteiger partial charge < -0.3 is 5.73 Å². The molecule has 2 unspecified atom stereocenters. The zero-order valence-corrected chi connectivity index (χ0v) is 9.58. The number of rotatable bonds is 6. The van der Waals surface area contributed by atoms with E-state index in [0.717, 1.165) is 18.5 Å². The van der Waals surface area contributed by atoms with Crippen LogP contribution in [-0.4, -0.2) is 30.1 Å². The number of hydrogen-bond donors (Lipinski definition) is 1. The van der Waals surface area contributed by atoms with Gasteiger partial charge in [-0.2, -0.15) is 0 Å². The second kappa shape index (κ2) is 4.19. The molecule has 0 amide bonds. The van der Waals surface area contributed by atoms with E-state index in [1.807, 2.05) is 0 Å². The van der Waals surface area contributed by atoms with Crippen molar-refractivity contribution < 1.29 is 0 Å². The second-order valence-corrected chi connectivity index (χ2v) is 5.32. The van der Waals surface area contributed by atoms with Crippen molar-refractivity contribution in [1.29, 1.82) is 0 Å². The first kappa shape index (κ1) is 10.4. The zero-order valence-electron chi connectivity index (χ0n) is 9.58. The van der Waals surface area contributed by atoms with Crippen molar-refractivity contribution in [3.05, 3.63) is 0 Å². The molecule has 0 aromatic carbocycles. The molecule has 0 radical (unpaired) electrons. The third kappa shape index (κ3) is 2.48. The predicted octanol–water partition coefficient (Wildman–Crippen LogP) is 1.84. The SMILES string of the molecule is CC(CN)C(C)N(CC1CC1)C1CC1. The van der Waals surface area contributed by atoms with E-state index in [2.05, 4.69) is 18.7 Å². The van der Waals surface area contributed by atoms with Gasteiger partial charge in [-0.05, 0) is 51.0 Å². The lowest BCUT2D eigenvalue weighted by Crippen LogP contribution is -2.42. The molecule has 2 aliphatic rings. The summed E-state index contributed by atoms with van der Waals surface area (Å²) in [6.45, 7) is 6.82. The smallest absolute Gasteiger partial charge is 0.0108 e. The maximum atomic E-state index is 5.75. The molecule has 0 aromatic heterocycles. The molecule has 2 N–H and O–H groups in total. The van der Waals surface area contributed by atoms with E-state index in [-0.39, 0.29) is 0 Å². The van der Waals surface area contributed by atoms with Crippen LogP contribution in [0.3, 0.4) is 0 Å². The van der Waals surface area contributed by atoms with Gasteiger partial charge in [-0.1, -0.05) is 6.92 Å². The van der Waals surface area contributed by atoms with Crippen LogP contribution in [0, 0.1) is 11.8 Å². The fraction of sp³-hybridized carbons (Fsp3) is 1.00. The standard InChI is InChI=1S/C12H24N2/c1-9(7-13)10(2)14(12-5-6-12)8-11-3-4-11/h9-12H,3-8,13H2,1-2H3. The summed E-state index contributed by atoms with van der Waals surface area (Å²) >= 11 is 0. The van der Waals surface area contributed by atoms with Gasteiger partial charge in [0.2, 0.25) is 0 Å². The average molecular weight is 196 g/mol. The maximum absolute atomic E-state index is 5.75. The van der Waals surface area contributed by atoms with Gasteiger partial charge in [0.25, 0.3) is 0 Å². The van der Waals surface area contributed by atoms with Gasteiger partial charge in [-0.15, -0.1) is 0 Å². The van der Waals surface area contributed by atoms with E-state index in [1.165, 1.54) is 32.2 Å². The second-order valence-electron chi connectivity index (χ2n) is 5.32. The fourth-order valence-electron chi connectivity index (χ4n) is 2.18. The Morgan fingerprint density at radius 1 is 1.21 bits per heavy atom. The summed E-state index contributed by atoms with van der Waals surface area (Å²) in [5.41, 5.74) is 5.75. The first-order valence-corrected chi connectivity index (χ1v) is 6.18. The third-order valence-corrected chi connectivity index (χ3v) is 3.90. The molecule has 2 heteroatoms. The number of hydrogen-bond acceptors (Lipinski definition) is 2.